The Hall–Kier alpha value is -0.0800. The zero-order chi connectivity index (χ0) is 8.27. The van der Waals surface area contributed by atoms with Gasteiger partial charge >= 0.3 is 0 Å². The van der Waals surface area contributed by atoms with Crippen molar-refractivity contribution in [1.29, 1.82) is 0 Å². The van der Waals surface area contributed by atoms with E-state index in [1.165, 1.54) is 13.0 Å². The van der Waals surface area contributed by atoms with Crippen molar-refractivity contribution in [1.82, 2.24) is 4.90 Å². The van der Waals surface area contributed by atoms with Crippen molar-refractivity contribution < 1.29 is 4.74 Å². The van der Waals surface area contributed by atoms with Crippen LogP contribution >= 0.6 is 0 Å². The number of hydrogen-bond acceptors (Lipinski definition) is 2. The molecule has 2 atom stereocenters. The predicted molar refractivity (Wildman–Crippen MR) is 46.7 cm³/mol. The normalized spacial score (nSPS) is 34.1. The summed E-state index contributed by atoms with van der Waals surface area (Å²) in [5.41, 5.74) is 0. The van der Waals surface area contributed by atoms with Gasteiger partial charge in [-0.1, -0.05) is 6.92 Å². The summed E-state index contributed by atoms with van der Waals surface area (Å²) in [6.07, 6.45) is 1.68. The van der Waals surface area contributed by atoms with E-state index in [2.05, 4.69) is 25.7 Å². The van der Waals surface area contributed by atoms with Gasteiger partial charge in [-0.25, -0.2) is 0 Å². The van der Waals surface area contributed by atoms with Crippen LogP contribution in [-0.2, 0) is 4.74 Å². The van der Waals surface area contributed by atoms with Crippen LogP contribution in [0.4, 0.5) is 0 Å². The van der Waals surface area contributed by atoms with Crippen molar-refractivity contribution in [3.05, 3.63) is 0 Å². The molecule has 0 bridgehead atoms. The topological polar surface area (TPSA) is 12.5 Å². The lowest BCUT2D eigenvalue weighted by Gasteiger charge is -2.36. The van der Waals surface area contributed by atoms with Gasteiger partial charge in [0.2, 0.25) is 0 Å². The Morgan fingerprint density at radius 3 is 2.82 bits per heavy atom. The number of rotatable bonds is 2. The molecule has 0 aromatic carbocycles. The van der Waals surface area contributed by atoms with Gasteiger partial charge in [0.05, 0.1) is 12.7 Å². The molecule has 1 aliphatic heterocycles. The second-order valence-corrected chi connectivity index (χ2v) is 3.49. The van der Waals surface area contributed by atoms with E-state index in [0.717, 1.165) is 13.2 Å². The van der Waals surface area contributed by atoms with Gasteiger partial charge in [-0.2, -0.15) is 0 Å². The van der Waals surface area contributed by atoms with Crippen LogP contribution in [0.5, 0.6) is 0 Å². The van der Waals surface area contributed by atoms with Gasteiger partial charge in [-0.05, 0) is 26.8 Å². The van der Waals surface area contributed by atoms with Crippen molar-refractivity contribution >= 4 is 0 Å². The van der Waals surface area contributed by atoms with Crippen LogP contribution in [0.15, 0.2) is 0 Å². The third-order valence-corrected chi connectivity index (χ3v) is 2.25. The van der Waals surface area contributed by atoms with E-state index < -0.39 is 0 Å². The molecular formula is C9H19NO. The molecule has 0 radical (unpaired) electrons. The molecule has 1 saturated heterocycles. The van der Waals surface area contributed by atoms with Gasteiger partial charge in [0, 0.05) is 12.6 Å². The molecule has 0 spiro atoms. The van der Waals surface area contributed by atoms with E-state index >= 15 is 0 Å². The summed E-state index contributed by atoms with van der Waals surface area (Å²) in [5, 5.41) is 0. The minimum Gasteiger partial charge on any atom is -0.376 e. The number of ether oxygens (including phenoxy) is 1. The average molecular weight is 157 g/mol. The van der Waals surface area contributed by atoms with E-state index in [9.17, 15) is 0 Å². The fourth-order valence-electron chi connectivity index (χ4n) is 1.57. The molecule has 11 heavy (non-hydrogen) atoms. The Bertz CT molecular complexity index is 116. The Morgan fingerprint density at radius 2 is 2.18 bits per heavy atom. The average Bonchev–Trinajstić information content (AvgIpc) is 1.98. The van der Waals surface area contributed by atoms with E-state index in [4.69, 9.17) is 4.74 Å². The van der Waals surface area contributed by atoms with Gasteiger partial charge in [-0.3, -0.25) is 4.90 Å². The zero-order valence-corrected chi connectivity index (χ0v) is 7.84. The third kappa shape index (κ3) is 2.46. The van der Waals surface area contributed by atoms with Crippen LogP contribution in [-0.4, -0.2) is 36.7 Å². The van der Waals surface area contributed by atoms with E-state index in [1.807, 2.05) is 0 Å². The third-order valence-electron chi connectivity index (χ3n) is 2.25. The fraction of sp³-hybridized carbons (Fsp3) is 1.00. The highest BCUT2D eigenvalue weighted by molar-refractivity contribution is 4.74. The summed E-state index contributed by atoms with van der Waals surface area (Å²) in [6, 6.07) is 0.617. The lowest BCUT2D eigenvalue weighted by Crippen LogP contribution is -2.47. The summed E-state index contributed by atoms with van der Waals surface area (Å²) >= 11 is 0. The molecule has 0 aliphatic carbocycles. The monoisotopic (exact) mass is 157 g/mol. The smallest absolute Gasteiger partial charge is 0.0674 e. The molecule has 0 unspecified atom stereocenters. The lowest BCUT2D eigenvalue weighted by atomic mass is 10.2. The first kappa shape index (κ1) is 9.01. The van der Waals surface area contributed by atoms with Gasteiger partial charge in [-0.15, -0.1) is 0 Å². The summed E-state index contributed by atoms with van der Waals surface area (Å²) in [7, 11) is 0. The predicted octanol–water partition coefficient (Wildman–Crippen LogP) is 1.51. The molecule has 2 nitrogen and oxygen atoms in total. The van der Waals surface area contributed by atoms with Crippen molar-refractivity contribution in [2.24, 2.45) is 0 Å². The minimum atomic E-state index is 0.428. The van der Waals surface area contributed by atoms with Crippen molar-refractivity contribution in [2.75, 3.05) is 19.7 Å². The van der Waals surface area contributed by atoms with Crippen LogP contribution < -0.4 is 0 Å². The highest BCUT2D eigenvalue weighted by Crippen LogP contribution is 2.10. The second kappa shape index (κ2) is 4.07. The summed E-state index contributed by atoms with van der Waals surface area (Å²) in [4.78, 5) is 2.51. The summed E-state index contributed by atoms with van der Waals surface area (Å²) in [5.74, 6) is 0. The van der Waals surface area contributed by atoms with Gasteiger partial charge in [0.15, 0.2) is 0 Å². The highest BCUT2D eigenvalue weighted by atomic mass is 16.5. The summed E-state index contributed by atoms with van der Waals surface area (Å²) < 4.78 is 5.52. The maximum absolute atomic E-state index is 5.52. The van der Waals surface area contributed by atoms with Crippen LogP contribution in [0.2, 0.25) is 0 Å². The first-order chi connectivity index (χ1) is 5.24. The Labute approximate surface area is 69.5 Å². The van der Waals surface area contributed by atoms with Crippen LogP contribution in [0.25, 0.3) is 0 Å². The molecule has 0 aromatic heterocycles. The second-order valence-electron chi connectivity index (χ2n) is 3.49. The minimum absolute atomic E-state index is 0.428. The molecule has 0 N–H and O–H groups in total. The van der Waals surface area contributed by atoms with Crippen LogP contribution in [0.1, 0.15) is 27.2 Å². The Kier molecular flexibility index (Phi) is 3.34. The molecule has 66 valence electrons. The number of hydrogen-bond donors (Lipinski definition) is 0. The first-order valence-electron chi connectivity index (χ1n) is 4.59. The van der Waals surface area contributed by atoms with Crippen molar-refractivity contribution in [3.63, 3.8) is 0 Å². The van der Waals surface area contributed by atoms with Gasteiger partial charge in [0.25, 0.3) is 0 Å². The largest absolute Gasteiger partial charge is 0.376 e. The first-order valence-corrected chi connectivity index (χ1v) is 4.59. The highest BCUT2D eigenvalue weighted by Gasteiger charge is 2.21. The maximum Gasteiger partial charge on any atom is 0.0674 e. The lowest BCUT2D eigenvalue weighted by molar-refractivity contribution is -0.0490. The standard InChI is InChI=1S/C9H19NO/c1-4-5-10-6-9(3)11-7-8(10)2/h8-9H,4-7H2,1-3H3/t8-,9-/m0/s1. The van der Waals surface area contributed by atoms with E-state index in [1.54, 1.807) is 0 Å². The fourth-order valence-corrected chi connectivity index (χ4v) is 1.57. The molecule has 1 aliphatic rings. The van der Waals surface area contributed by atoms with E-state index in [-0.39, 0.29) is 0 Å². The molecule has 0 amide bonds. The zero-order valence-electron chi connectivity index (χ0n) is 7.84. The molecule has 0 aromatic rings. The molecule has 2 heteroatoms. The molecule has 0 saturated carbocycles. The number of nitrogens with zero attached hydrogens (tertiary/aromatic N) is 1. The molecular weight excluding hydrogens is 138 g/mol. The maximum atomic E-state index is 5.52. The SMILES string of the molecule is CCCN1C[C@H](C)OC[C@@H]1C. The van der Waals surface area contributed by atoms with Crippen LogP contribution in [0.3, 0.4) is 0 Å². The Balaban J connectivity index is 2.34. The molecule has 1 rings (SSSR count). The van der Waals surface area contributed by atoms with Crippen LogP contribution in [0, 0.1) is 0 Å². The van der Waals surface area contributed by atoms with Crippen molar-refractivity contribution in [3.8, 4) is 0 Å². The summed E-state index contributed by atoms with van der Waals surface area (Å²) in [6.45, 7) is 9.84. The van der Waals surface area contributed by atoms with E-state index in [0.29, 0.717) is 12.1 Å². The van der Waals surface area contributed by atoms with Crippen molar-refractivity contribution in [2.45, 2.75) is 39.3 Å². The van der Waals surface area contributed by atoms with Gasteiger partial charge < -0.3 is 4.74 Å². The van der Waals surface area contributed by atoms with Gasteiger partial charge in [0.1, 0.15) is 0 Å². The molecule has 1 fully saturated rings. The number of morpholine rings is 1. The quantitative estimate of drug-likeness (QED) is 0.602. The Morgan fingerprint density at radius 1 is 1.45 bits per heavy atom. The molecule has 1 heterocycles.